The highest BCUT2D eigenvalue weighted by molar-refractivity contribution is 6.34. The Bertz CT molecular complexity index is 1260. The number of aromatic nitrogens is 3. The first-order chi connectivity index (χ1) is 16.5. The van der Waals surface area contributed by atoms with Crippen LogP contribution in [0.25, 0.3) is 22.6 Å². The molecule has 176 valence electrons. The summed E-state index contributed by atoms with van der Waals surface area (Å²) < 4.78 is 0. The molecule has 2 aromatic heterocycles. The number of hydrogen-bond acceptors (Lipinski definition) is 6. The molecule has 0 bridgehead atoms. The molecule has 1 saturated carbocycles. The predicted octanol–water partition coefficient (Wildman–Crippen LogP) is 2.72. The largest absolute Gasteiger partial charge is 0.378 e. The smallest absolute Gasteiger partial charge is 0.223 e. The van der Waals surface area contributed by atoms with Gasteiger partial charge in [0, 0.05) is 50.2 Å². The first-order valence-electron chi connectivity index (χ1n) is 11.8. The molecular formula is C25H28ClN7O. The second kappa shape index (κ2) is 8.37. The van der Waals surface area contributed by atoms with Gasteiger partial charge in [0.05, 0.1) is 22.8 Å². The van der Waals surface area contributed by atoms with Crippen molar-refractivity contribution in [3.05, 3.63) is 53.2 Å². The normalized spacial score (nSPS) is 26.6. The molecule has 0 spiro atoms. The van der Waals surface area contributed by atoms with Crippen molar-refractivity contribution in [3.8, 4) is 11.4 Å². The molecule has 1 saturated heterocycles. The number of allylic oxidation sites excluding steroid dienone is 1. The highest BCUT2D eigenvalue weighted by Crippen LogP contribution is 2.50. The monoisotopic (exact) mass is 477 g/mol. The van der Waals surface area contributed by atoms with Crippen LogP contribution in [0.5, 0.6) is 0 Å². The van der Waals surface area contributed by atoms with E-state index in [2.05, 4.69) is 68.5 Å². The average molecular weight is 478 g/mol. The molecule has 2 aliphatic carbocycles. The molecule has 3 aliphatic rings. The molecule has 1 amide bonds. The molecular weight excluding hydrogens is 450 g/mol. The third kappa shape index (κ3) is 3.66. The van der Waals surface area contributed by atoms with Gasteiger partial charge in [-0.1, -0.05) is 48.0 Å². The van der Waals surface area contributed by atoms with Crippen molar-refractivity contribution in [2.24, 2.45) is 23.5 Å². The number of aromatic amines is 1. The van der Waals surface area contributed by atoms with Gasteiger partial charge in [-0.05, 0) is 18.5 Å². The average Bonchev–Trinajstić information content (AvgIpc) is 3.24. The molecule has 4 N–H and O–H groups in total. The van der Waals surface area contributed by atoms with Gasteiger partial charge in [0.2, 0.25) is 5.91 Å². The Hall–Kier alpha value is -2.94. The van der Waals surface area contributed by atoms with E-state index in [-0.39, 0.29) is 23.8 Å². The SMILES string of the molecule is CN1CCN(Cc2ccc(-c3nc4ncc(Cl)c(N[C@@H]5[C@H]6C=CC6[C@@H]5C(N)=O)c4[nH]3)cc2)CC1. The third-order valence-electron chi connectivity index (χ3n) is 7.56. The van der Waals surface area contributed by atoms with Crippen LogP contribution in [0.15, 0.2) is 42.6 Å². The highest BCUT2D eigenvalue weighted by atomic mass is 35.5. The number of carbonyl (C=O) groups is 1. The standard InChI is InChI=1S/C25H28ClN7O/c1-32-8-10-33(11-9-32)13-14-2-4-15(5-3-14)24-30-22-21(18(26)12-28-25(22)31-24)29-20-17-7-6-16(17)19(20)23(27)34/h2-7,12,16-17,19-20H,8-11,13H2,1H3,(H2,27,34)(H2,28,29,30,31)/t16?,17-,19-,20+/m0/s1. The maximum absolute atomic E-state index is 12.0. The van der Waals surface area contributed by atoms with Crippen LogP contribution in [0.4, 0.5) is 5.69 Å². The number of piperazine rings is 1. The van der Waals surface area contributed by atoms with Crippen LogP contribution >= 0.6 is 11.6 Å². The number of rotatable bonds is 6. The minimum atomic E-state index is -0.286. The van der Waals surface area contributed by atoms with Gasteiger partial charge in [-0.2, -0.15) is 0 Å². The van der Waals surface area contributed by atoms with Crippen LogP contribution < -0.4 is 11.1 Å². The number of amides is 1. The molecule has 6 rings (SSSR count). The number of pyridine rings is 1. The molecule has 2 fully saturated rings. The van der Waals surface area contributed by atoms with E-state index in [1.165, 1.54) is 5.56 Å². The van der Waals surface area contributed by atoms with E-state index < -0.39 is 0 Å². The van der Waals surface area contributed by atoms with E-state index in [9.17, 15) is 4.79 Å². The fraction of sp³-hybridized carbons (Fsp3) is 0.400. The second-order valence-electron chi connectivity index (χ2n) is 9.68. The zero-order valence-electron chi connectivity index (χ0n) is 19.0. The predicted molar refractivity (Wildman–Crippen MR) is 133 cm³/mol. The number of likely N-dealkylation sites (N-methyl/N-ethyl adjacent to an activating group) is 1. The van der Waals surface area contributed by atoms with Crippen molar-refractivity contribution in [2.45, 2.75) is 12.6 Å². The van der Waals surface area contributed by atoms with E-state index in [4.69, 9.17) is 22.3 Å². The number of nitrogens with two attached hydrogens (primary N) is 1. The minimum absolute atomic E-state index is 0.0730. The number of halogens is 1. The van der Waals surface area contributed by atoms with Gasteiger partial charge in [0.1, 0.15) is 11.3 Å². The first kappa shape index (κ1) is 21.6. The lowest BCUT2D eigenvalue weighted by Crippen LogP contribution is -2.61. The van der Waals surface area contributed by atoms with Crippen molar-refractivity contribution in [3.63, 3.8) is 0 Å². The molecule has 3 heterocycles. The molecule has 0 radical (unpaired) electrons. The van der Waals surface area contributed by atoms with Crippen molar-refractivity contribution >= 4 is 34.4 Å². The Morgan fingerprint density at radius 2 is 1.91 bits per heavy atom. The van der Waals surface area contributed by atoms with Crippen LogP contribution in [0.2, 0.25) is 5.02 Å². The molecule has 1 aliphatic heterocycles. The molecule has 3 aromatic rings. The van der Waals surface area contributed by atoms with Gasteiger partial charge in [0.25, 0.3) is 0 Å². The zero-order chi connectivity index (χ0) is 23.4. The third-order valence-corrected chi connectivity index (χ3v) is 7.85. The number of nitrogens with zero attached hydrogens (tertiary/aromatic N) is 4. The van der Waals surface area contributed by atoms with Crippen molar-refractivity contribution < 1.29 is 4.79 Å². The van der Waals surface area contributed by atoms with Crippen LogP contribution in [0.1, 0.15) is 5.56 Å². The number of primary amides is 1. The molecule has 1 aromatic carbocycles. The lowest BCUT2D eigenvalue weighted by Gasteiger charge is -2.53. The summed E-state index contributed by atoms with van der Waals surface area (Å²) in [5.41, 5.74) is 9.96. The number of H-pyrrole nitrogens is 1. The number of anilines is 1. The fourth-order valence-electron chi connectivity index (χ4n) is 5.38. The number of benzene rings is 1. The number of imidazole rings is 1. The molecule has 8 nitrogen and oxygen atoms in total. The Balaban J connectivity index is 1.23. The summed E-state index contributed by atoms with van der Waals surface area (Å²) in [5, 5.41) is 3.96. The van der Waals surface area contributed by atoms with Crippen molar-refractivity contribution in [1.82, 2.24) is 24.8 Å². The maximum atomic E-state index is 12.0. The van der Waals surface area contributed by atoms with Gasteiger partial charge in [0.15, 0.2) is 5.65 Å². The Morgan fingerprint density at radius 3 is 2.59 bits per heavy atom. The fourth-order valence-corrected chi connectivity index (χ4v) is 5.58. The van der Waals surface area contributed by atoms with E-state index in [0.717, 1.165) is 49.6 Å². The summed E-state index contributed by atoms with van der Waals surface area (Å²) in [5.74, 6) is 0.747. The Morgan fingerprint density at radius 1 is 1.18 bits per heavy atom. The van der Waals surface area contributed by atoms with Gasteiger partial charge in [-0.25, -0.2) is 9.97 Å². The Labute approximate surface area is 203 Å². The minimum Gasteiger partial charge on any atom is -0.378 e. The first-order valence-corrected chi connectivity index (χ1v) is 12.1. The number of nitrogens with one attached hydrogen (secondary N) is 2. The van der Waals surface area contributed by atoms with Crippen LogP contribution in [0, 0.1) is 17.8 Å². The number of hydrogen-bond donors (Lipinski definition) is 3. The molecule has 9 heteroatoms. The molecule has 4 atom stereocenters. The van der Waals surface area contributed by atoms with Gasteiger partial charge in [-0.15, -0.1) is 0 Å². The lowest BCUT2D eigenvalue weighted by molar-refractivity contribution is -0.129. The number of carbonyl (C=O) groups excluding carboxylic acids is 1. The van der Waals surface area contributed by atoms with Gasteiger partial charge in [-0.3, -0.25) is 9.69 Å². The summed E-state index contributed by atoms with van der Waals surface area (Å²) in [6, 6.07) is 8.44. The van der Waals surface area contributed by atoms with Crippen LogP contribution in [-0.4, -0.2) is 69.9 Å². The second-order valence-corrected chi connectivity index (χ2v) is 10.1. The van der Waals surface area contributed by atoms with Crippen LogP contribution in [0.3, 0.4) is 0 Å². The summed E-state index contributed by atoms with van der Waals surface area (Å²) in [6.45, 7) is 5.38. The van der Waals surface area contributed by atoms with Crippen LogP contribution in [-0.2, 0) is 11.3 Å². The van der Waals surface area contributed by atoms with E-state index in [0.29, 0.717) is 22.3 Å². The molecule has 1 unspecified atom stereocenters. The van der Waals surface area contributed by atoms with Gasteiger partial charge < -0.3 is 20.9 Å². The van der Waals surface area contributed by atoms with Gasteiger partial charge >= 0.3 is 0 Å². The summed E-state index contributed by atoms with van der Waals surface area (Å²) in [7, 11) is 2.17. The summed E-state index contributed by atoms with van der Waals surface area (Å²) in [4.78, 5) is 29.3. The van der Waals surface area contributed by atoms with Crippen molar-refractivity contribution in [1.29, 1.82) is 0 Å². The summed E-state index contributed by atoms with van der Waals surface area (Å²) >= 11 is 6.52. The topological polar surface area (TPSA) is 103 Å². The van der Waals surface area contributed by atoms with E-state index in [1.54, 1.807) is 6.20 Å². The molecule has 34 heavy (non-hydrogen) atoms. The zero-order valence-corrected chi connectivity index (χ0v) is 19.8. The summed E-state index contributed by atoms with van der Waals surface area (Å²) in [6.07, 6.45) is 5.78. The lowest BCUT2D eigenvalue weighted by atomic mass is 9.54. The van der Waals surface area contributed by atoms with E-state index >= 15 is 0 Å². The highest BCUT2D eigenvalue weighted by Gasteiger charge is 2.54. The van der Waals surface area contributed by atoms with E-state index in [1.807, 2.05) is 0 Å². The number of fused-ring (bicyclic) bond motifs is 2. The van der Waals surface area contributed by atoms with Crippen molar-refractivity contribution in [2.75, 3.05) is 38.5 Å². The quantitative estimate of drug-likeness (QED) is 0.472. The Kier molecular flexibility index (Phi) is 5.32. The maximum Gasteiger partial charge on any atom is 0.223 e.